The van der Waals surface area contributed by atoms with Crippen molar-refractivity contribution in [3.8, 4) is 11.5 Å². The zero-order chi connectivity index (χ0) is 15.0. The quantitative estimate of drug-likeness (QED) is 0.747. The average molecular weight is 300 g/mol. The Morgan fingerprint density at radius 1 is 1.33 bits per heavy atom. The van der Waals surface area contributed by atoms with E-state index in [1.54, 1.807) is 6.20 Å². The molecule has 3 aromatic heterocycles. The van der Waals surface area contributed by atoms with Gasteiger partial charge in [-0.2, -0.15) is 5.10 Å². The fraction of sp³-hybridized carbons (Fsp3) is 0.267. The summed E-state index contributed by atoms with van der Waals surface area (Å²) in [5.41, 5.74) is 1.89. The second-order valence-electron chi connectivity index (χ2n) is 4.98. The molecule has 3 heterocycles. The number of nitrogens with zero attached hydrogens (tertiary/aromatic N) is 3. The first-order valence-corrected chi connectivity index (χ1v) is 7.14. The molecular formula is C15H16N4OS. The lowest BCUT2D eigenvalue weighted by Crippen LogP contribution is -2.09. The Morgan fingerprint density at radius 3 is 2.76 bits per heavy atom. The molecule has 21 heavy (non-hydrogen) atoms. The third-order valence-corrected chi connectivity index (χ3v) is 3.80. The van der Waals surface area contributed by atoms with E-state index in [2.05, 4.69) is 22.1 Å². The van der Waals surface area contributed by atoms with Crippen molar-refractivity contribution >= 4 is 12.2 Å². The van der Waals surface area contributed by atoms with Crippen LogP contribution in [0.4, 0.5) is 0 Å². The van der Waals surface area contributed by atoms with Gasteiger partial charge in [0.2, 0.25) is 0 Å². The van der Waals surface area contributed by atoms with Crippen LogP contribution < -0.4 is 0 Å². The van der Waals surface area contributed by atoms with Crippen LogP contribution in [0.15, 0.2) is 34.9 Å². The van der Waals surface area contributed by atoms with Gasteiger partial charge < -0.3 is 4.42 Å². The summed E-state index contributed by atoms with van der Waals surface area (Å²) in [6.45, 7) is 5.98. The van der Waals surface area contributed by atoms with Crippen molar-refractivity contribution in [2.75, 3.05) is 0 Å². The van der Waals surface area contributed by atoms with Gasteiger partial charge in [0.1, 0.15) is 17.2 Å². The molecule has 0 fully saturated rings. The number of furan rings is 1. The Bertz CT molecular complexity index is 816. The molecule has 0 amide bonds. The number of pyridine rings is 1. The Hall–Kier alpha value is -2.21. The molecule has 0 aromatic carbocycles. The lowest BCUT2D eigenvalue weighted by atomic mass is 10.1. The van der Waals surface area contributed by atoms with E-state index in [4.69, 9.17) is 16.6 Å². The van der Waals surface area contributed by atoms with Gasteiger partial charge in [-0.05, 0) is 51.2 Å². The van der Waals surface area contributed by atoms with Crippen LogP contribution >= 0.6 is 12.2 Å². The highest BCUT2D eigenvalue weighted by molar-refractivity contribution is 7.71. The summed E-state index contributed by atoms with van der Waals surface area (Å²) >= 11 is 5.39. The van der Waals surface area contributed by atoms with Gasteiger partial charge in [0.15, 0.2) is 10.6 Å². The number of H-pyrrole nitrogens is 1. The van der Waals surface area contributed by atoms with E-state index in [0.29, 0.717) is 4.77 Å². The Balaban J connectivity index is 2.13. The van der Waals surface area contributed by atoms with Crippen LogP contribution in [0.1, 0.15) is 30.0 Å². The minimum absolute atomic E-state index is 0.0192. The van der Waals surface area contributed by atoms with Gasteiger partial charge in [-0.3, -0.25) is 14.6 Å². The van der Waals surface area contributed by atoms with Gasteiger partial charge in [-0.15, -0.1) is 0 Å². The number of hydrogen-bond donors (Lipinski definition) is 1. The summed E-state index contributed by atoms with van der Waals surface area (Å²) in [5.74, 6) is 2.52. The largest absolute Gasteiger partial charge is 0.466 e. The van der Waals surface area contributed by atoms with Gasteiger partial charge in [0, 0.05) is 11.8 Å². The molecule has 1 unspecified atom stereocenters. The van der Waals surface area contributed by atoms with E-state index in [-0.39, 0.29) is 6.04 Å². The molecule has 0 saturated heterocycles. The fourth-order valence-corrected chi connectivity index (χ4v) is 2.83. The first-order chi connectivity index (χ1) is 10.1. The van der Waals surface area contributed by atoms with Gasteiger partial charge in [0.25, 0.3) is 0 Å². The Kier molecular flexibility index (Phi) is 3.47. The number of aryl methyl sites for hydroxylation is 2. The Labute approximate surface area is 127 Å². The minimum atomic E-state index is 0.0192. The number of hydrogen-bond acceptors (Lipinski definition) is 4. The number of aromatic amines is 1. The van der Waals surface area contributed by atoms with E-state index in [1.165, 1.54) is 0 Å². The molecule has 0 saturated carbocycles. The molecule has 6 heteroatoms. The fourth-order valence-electron chi connectivity index (χ4n) is 2.54. The highest BCUT2D eigenvalue weighted by Gasteiger charge is 2.20. The van der Waals surface area contributed by atoms with Gasteiger partial charge in [-0.1, -0.05) is 6.07 Å². The first kappa shape index (κ1) is 13.8. The van der Waals surface area contributed by atoms with Crippen molar-refractivity contribution in [2.45, 2.75) is 26.8 Å². The standard InChI is InChI=1S/C15H16N4OS/c1-9-8-12(11(3)20-9)10(2)19-14(17-18-15(19)21)13-6-4-5-7-16-13/h4-8,10H,1-3H3,(H,18,21). The third-order valence-electron chi connectivity index (χ3n) is 3.52. The summed E-state index contributed by atoms with van der Waals surface area (Å²) in [6, 6.07) is 7.79. The monoisotopic (exact) mass is 300 g/mol. The second kappa shape index (κ2) is 5.29. The van der Waals surface area contributed by atoms with E-state index < -0.39 is 0 Å². The van der Waals surface area contributed by atoms with Gasteiger partial charge >= 0.3 is 0 Å². The maximum atomic E-state index is 5.63. The molecule has 1 N–H and O–H groups in total. The average Bonchev–Trinajstić information content (AvgIpc) is 3.02. The van der Waals surface area contributed by atoms with Crippen molar-refractivity contribution in [1.82, 2.24) is 19.7 Å². The van der Waals surface area contributed by atoms with Crippen molar-refractivity contribution < 1.29 is 4.42 Å². The van der Waals surface area contributed by atoms with Gasteiger partial charge in [0.05, 0.1) is 6.04 Å². The SMILES string of the molecule is Cc1cc(C(C)n2c(-c3ccccn3)n[nH]c2=S)c(C)o1. The summed E-state index contributed by atoms with van der Waals surface area (Å²) in [4.78, 5) is 4.35. The van der Waals surface area contributed by atoms with Crippen LogP contribution in [0.25, 0.3) is 11.5 Å². The smallest absolute Gasteiger partial charge is 0.196 e. The lowest BCUT2D eigenvalue weighted by Gasteiger charge is -2.14. The van der Waals surface area contributed by atoms with Crippen molar-refractivity contribution in [3.63, 3.8) is 0 Å². The predicted octanol–water partition coefficient (Wildman–Crippen LogP) is 3.82. The Morgan fingerprint density at radius 2 is 2.14 bits per heavy atom. The number of rotatable bonds is 3. The lowest BCUT2D eigenvalue weighted by molar-refractivity contribution is 0.494. The molecule has 5 nitrogen and oxygen atoms in total. The topological polar surface area (TPSA) is 59.6 Å². The van der Waals surface area contributed by atoms with Gasteiger partial charge in [-0.25, -0.2) is 0 Å². The zero-order valence-corrected chi connectivity index (χ0v) is 12.9. The van der Waals surface area contributed by atoms with Crippen LogP contribution in [-0.4, -0.2) is 19.7 Å². The highest BCUT2D eigenvalue weighted by atomic mass is 32.1. The third kappa shape index (κ3) is 2.42. The van der Waals surface area contributed by atoms with Crippen molar-refractivity contribution in [3.05, 3.63) is 52.3 Å². The van der Waals surface area contributed by atoms with Crippen LogP contribution in [0, 0.1) is 18.6 Å². The first-order valence-electron chi connectivity index (χ1n) is 6.73. The predicted molar refractivity (Wildman–Crippen MR) is 82.6 cm³/mol. The molecule has 3 rings (SSSR count). The number of aromatic nitrogens is 4. The normalized spacial score (nSPS) is 12.5. The van der Waals surface area contributed by atoms with E-state index in [1.807, 2.05) is 42.7 Å². The molecule has 0 radical (unpaired) electrons. The molecule has 108 valence electrons. The maximum Gasteiger partial charge on any atom is 0.196 e. The molecular weight excluding hydrogens is 284 g/mol. The minimum Gasteiger partial charge on any atom is -0.466 e. The molecule has 0 spiro atoms. The maximum absolute atomic E-state index is 5.63. The van der Waals surface area contributed by atoms with E-state index in [0.717, 1.165) is 28.6 Å². The van der Waals surface area contributed by atoms with Crippen molar-refractivity contribution in [2.24, 2.45) is 0 Å². The van der Waals surface area contributed by atoms with Crippen LogP contribution in [0.3, 0.4) is 0 Å². The second-order valence-corrected chi connectivity index (χ2v) is 5.37. The molecule has 0 aliphatic carbocycles. The molecule has 0 aliphatic rings. The van der Waals surface area contributed by atoms with Crippen LogP contribution in [-0.2, 0) is 0 Å². The van der Waals surface area contributed by atoms with Crippen LogP contribution in [0.2, 0.25) is 0 Å². The summed E-state index contributed by atoms with van der Waals surface area (Å²) < 4.78 is 8.16. The highest BCUT2D eigenvalue weighted by Crippen LogP contribution is 2.28. The van der Waals surface area contributed by atoms with Crippen molar-refractivity contribution in [1.29, 1.82) is 0 Å². The van der Waals surface area contributed by atoms with Crippen LogP contribution in [0.5, 0.6) is 0 Å². The van der Waals surface area contributed by atoms with E-state index >= 15 is 0 Å². The summed E-state index contributed by atoms with van der Waals surface area (Å²) in [6.07, 6.45) is 1.75. The molecule has 0 aliphatic heterocycles. The number of nitrogens with one attached hydrogen (secondary N) is 1. The molecule has 1 atom stereocenters. The molecule has 0 bridgehead atoms. The summed E-state index contributed by atoms with van der Waals surface area (Å²) in [7, 11) is 0. The zero-order valence-electron chi connectivity index (χ0n) is 12.1. The van der Waals surface area contributed by atoms with E-state index in [9.17, 15) is 0 Å². The molecule has 3 aromatic rings. The summed E-state index contributed by atoms with van der Waals surface area (Å²) in [5, 5.41) is 7.18.